The van der Waals surface area contributed by atoms with Gasteiger partial charge in [-0.3, -0.25) is 9.79 Å². The molecule has 154 valence electrons. The summed E-state index contributed by atoms with van der Waals surface area (Å²) in [5.41, 5.74) is 2.44. The average molecular weight is 406 g/mol. The number of amides is 3. The normalized spacial score (nSPS) is 18.9. The van der Waals surface area contributed by atoms with Crippen molar-refractivity contribution in [3.05, 3.63) is 53.6 Å². The third-order valence-electron chi connectivity index (χ3n) is 5.71. The van der Waals surface area contributed by atoms with Crippen molar-refractivity contribution in [2.45, 2.75) is 25.4 Å². The zero-order valence-electron chi connectivity index (χ0n) is 16.6. The fourth-order valence-electron chi connectivity index (χ4n) is 3.96. The number of carbonyl (C=O) groups is 2. The zero-order valence-corrected chi connectivity index (χ0v) is 16.6. The molecule has 0 unspecified atom stereocenters. The lowest BCUT2D eigenvalue weighted by Crippen LogP contribution is -2.53. The molecule has 2 aromatic rings. The molecule has 1 fully saturated rings. The Kier molecular flexibility index (Phi) is 4.34. The van der Waals surface area contributed by atoms with Gasteiger partial charge in [-0.05, 0) is 19.1 Å². The highest BCUT2D eigenvalue weighted by molar-refractivity contribution is 6.46. The van der Waals surface area contributed by atoms with E-state index in [-0.39, 0.29) is 18.7 Å². The highest BCUT2D eigenvalue weighted by Crippen LogP contribution is 2.34. The minimum absolute atomic E-state index is 0.155. The number of rotatable bonds is 2. The van der Waals surface area contributed by atoms with Crippen molar-refractivity contribution >= 4 is 23.3 Å². The minimum Gasteiger partial charge on any atom is -0.454 e. The van der Waals surface area contributed by atoms with Crippen LogP contribution in [0.5, 0.6) is 11.5 Å². The minimum atomic E-state index is -0.632. The van der Waals surface area contributed by atoms with Crippen LogP contribution in [0, 0.1) is 6.92 Å². The van der Waals surface area contributed by atoms with Crippen LogP contribution in [-0.4, -0.2) is 48.1 Å². The van der Waals surface area contributed by atoms with Crippen LogP contribution in [0.25, 0.3) is 0 Å². The number of urea groups is 1. The quantitative estimate of drug-likeness (QED) is 0.802. The van der Waals surface area contributed by atoms with Crippen molar-refractivity contribution in [2.75, 3.05) is 25.2 Å². The molecule has 2 aromatic carbocycles. The van der Waals surface area contributed by atoms with Crippen LogP contribution < -0.4 is 20.1 Å². The van der Waals surface area contributed by atoms with Gasteiger partial charge >= 0.3 is 6.03 Å². The summed E-state index contributed by atoms with van der Waals surface area (Å²) in [6.45, 7) is 3.20. The summed E-state index contributed by atoms with van der Waals surface area (Å²) in [6, 6.07) is 12.9. The molecule has 0 bridgehead atoms. The van der Waals surface area contributed by atoms with Crippen molar-refractivity contribution in [1.82, 2.24) is 10.2 Å². The smallest absolute Gasteiger partial charge is 0.321 e. The van der Waals surface area contributed by atoms with Gasteiger partial charge in [0.1, 0.15) is 11.4 Å². The molecule has 3 aliphatic heterocycles. The summed E-state index contributed by atoms with van der Waals surface area (Å²) in [6.07, 6.45) is 1.14. The lowest BCUT2D eigenvalue weighted by molar-refractivity contribution is -0.115. The first-order valence-electron chi connectivity index (χ1n) is 9.96. The van der Waals surface area contributed by atoms with Gasteiger partial charge in [0.25, 0.3) is 5.91 Å². The van der Waals surface area contributed by atoms with Crippen LogP contribution >= 0.6 is 0 Å². The maximum Gasteiger partial charge on any atom is 0.321 e. The van der Waals surface area contributed by atoms with Gasteiger partial charge in [0.15, 0.2) is 11.5 Å². The van der Waals surface area contributed by atoms with Crippen molar-refractivity contribution in [3.63, 3.8) is 0 Å². The average Bonchev–Trinajstić information content (AvgIpc) is 3.33. The summed E-state index contributed by atoms with van der Waals surface area (Å²) >= 11 is 0. The van der Waals surface area contributed by atoms with Gasteiger partial charge in [0.2, 0.25) is 6.79 Å². The first-order valence-corrected chi connectivity index (χ1v) is 9.96. The zero-order chi connectivity index (χ0) is 20.7. The molecule has 8 heteroatoms. The van der Waals surface area contributed by atoms with Gasteiger partial charge in [0.05, 0.1) is 0 Å². The van der Waals surface area contributed by atoms with E-state index in [1.54, 1.807) is 23.1 Å². The highest BCUT2D eigenvalue weighted by atomic mass is 16.7. The molecule has 2 N–H and O–H groups in total. The number of hydrogen-bond acceptors (Lipinski definition) is 5. The second kappa shape index (κ2) is 7.05. The topological polar surface area (TPSA) is 92.3 Å². The molecule has 3 aliphatic rings. The van der Waals surface area contributed by atoms with Gasteiger partial charge in [-0.2, -0.15) is 0 Å². The number of nitrogens with one attached hydrogen (secondary N) is 2. The Balaban J connectivity index is 1.24. The largest absolute Gasteiger partial charge is 0.454 e. The van der Waals surface area contributed by atoms with Gasteiger partial charge < -0.3 is 25.0 Å². The van der Waals surface area contributed by atoms with Crippen LogP contribution in [-0.2, 0) is 4.79 Å². The van der Waals surface area contributed by atoms with Crippen LogP contribution in [0.1, 0.15) is 24.0 Å². The summed E-state index contributed by atoms with van der Waals surface area (Å²) in [5, 5.41) is 5.94. The number of piperidine rings is 1. The van der Waals surface area contributed by atoms with E-state index < -0.39 is 5.66 Å². The molecule has 0 saturated carbocycles. The molecule has 3 heterocycles. The number of ether oxygens (including phenoxy) is 2. The number of hydrogen-bond donors (Lipinski definition) is 2. The Labute approximate surface area is 173 Å². The van der Waals surface area contributed by atoms with Gasteiger partial charge in [-0.15, -0.1) is 0 Å². The lowest BCUT2D eigenvalue weighted by Gasteiger charge is -2.37. The van der Waals surface area contributed by atoms with Crippen LogP contribution in [0.15, 0.2) is 47.5 Å². The Morgan fingerprint density at radius 3 is 2.60 bits per heavy atom. The van der Waals surface area contributed by atoms with E-state index in [4.69, 9.17) is 14.5 Å². The first-order chi connectivity index (χ1) is 14.5. The SMILES string of the molecule is Cc1ccc(C2=NC3(CCN(C(=O)Nc4ccc5c(c4)OCO5)CC3)NC2=O)cc1. The van der Waals surface area contributed by atoms with E-state index >= 15 is 0 Å². The second-order valence-corrected chi connectivity index (χ2v) is 7.80. The molecule has 8 nitrogen and oxygen atoms in total. The molecular weight excluding hydrogens is 384 g/mol. The number of aryl methyl sites for hydroxylation is 1. The summed E-state index contributed by atoms with van der Waals surface area (Å²) in [4.78, 5) is 31.7. The van der Waals surface area contributed by atoms with E-state index in [9.17, 15) is 9.59 Å². The third kappa shape index (κ3) is 3.34. The predicted molar refractivity (Wildman–Crippen MR) is 111 cm³/mol. The van der Waals surface area contributed by atoms with Gasteiger partial charge in [-0.25, -0.2) is 4.79 Å². The monoisotopic (exact) mass is 406 g/mol. The Morgan fingerprint density at radius 1 is 1.10 bits per heavy atom. The Morgan fingerprint density at radius 2 is 1.83 bits per heavy atom. The lowest BCUT2D eigenvalue weighted by atomic mass is 9.98. The number of carbonyl (C=O) groups excluding carboxylic acids is 2. The molecule has 0 radical (unpaired) electrons. The van der Waals surface area contributed by atoms with Crippen LogP contribution in [0.3, 0.4) is 0 Å². The van der Waals surface area contributed by atoms with Crippen molar-refractivity contribution in [2.24, 2.45) is 4.99 Å². The number of nitrogens with zero attached hydrogens (tertiary/aromatic N) is 2. The molecule has 5 rings (SSSR count). The second-order valence-electron chi connectivity index (χ2n) is 7.80. The van der Waals surface area contributed by atoms with Gasteiger partial charge in [-0.1, -0.05) is 29.8 Å². The Hall–Kier alpha value is -3.55. The summed E-state index contributed by atoms with van der Waals surface area (Å²) in [7, 11) is 0. The fraction of sp³-hybridized carbons (Fsp3) is 0.318. The number of benzene rings is 2. The maximum absolute atomic E-state index is 12.7. The van der Waals surface area contributed by atoms with Crippen LogP contribution in [0.2, 0.25) is 0 Å². The maximum atomic E-state index is 12.7. The van der Waals surface area contributed by atoms with E-state index in [2.05, 4.69) is 10.6 Å². The molecule has 30 heavy (non-hydrogen) atoms. The molecule has 0 aliphatic carbocycles. The summed E-state index contributed by atoms with van der Waals surface area (Å²) < 4.78 is 10.6. The van der Waals surface area contributed by atoms with Crippen molar-refractivity contribution in [1.29, 1.82) is 0 Å². The van der Waals surface area contributed by atoms with E-state index in [1.165, 1.54) is 0 Å². The van der Waals surface area contributed by atoms with Gasteiger partial charge in [0, 0.05) is 43.2 Å². The van der Waals surface area contributed by atoms with Crippen molar-refractivity contribution < 1.29 is 19.1 Å². The number of aliphatic imine (C=N–C) groups is 1. The van der Waals surface area contributed by atoms with E-state index in [0.29, 0.717) is 48.8 Å². The van der Waals surface area contributed by atoms with E-state index in [0.717, 1.165) is 11.1 Å². The molecule has 3 amide bonds. The highest BCUT2D eigenvalue weighted by Gasteiger charge is 2.42. The molecule has 0 atom stereocenters. The van der Waals surface area contributed by atoms with E-state index in [1.807, 2.05) is 31.2 Å². The number of likely N-dealkylation sites (tertiary alicyclic amines) is 1. The standard InChI is InChI=1S/C22H22N4O4/c1-14-2-4-15(5-3-14)19-20(27)25-22(24-19)8-10-26(11-9-22)21(28)23-16-6-7-17-18(12-16)30-13-29-17/h2-7,12H,8-11,13H2,1H3,(H,23,28)(H,25,27). The first kappa shape index (κ1) is 18.5. The molecule has 1 saturated heterocycles. The predicted octanol–water partition coefficient (Wildman–Crippen LogP) is 2.67. The fourth-order valence-corrected chi connectivity index (χ4v) is 3.96. The molecular formula is C22H22N4O4. The third-order valence-corrected chi connectivity index (χ3v) is 5.71. The Bertz CT molecular complexity index is 1040. The molecule has 1 spiro atoms. The number of fused-ring (bicyclic) bond motifs is 1. The number of anilines is 1. The molecule has 0 aromatic heterocycles. The summed E-state index contributed by atoms with van der Waals surface area (Å²) in [5.74, 6) is 1.14. The van der Waals surface area contributed by atoms with Crippen molar-refractivity contribution in [3.8, 4) is 11.5 Å². The van der Waals surface area contributed by atoms with Crippen LogP contribution in [0.4, 0.5) is 10.5 Å².